The Bertz CT molecular complexity index is 471. The zero-order chi connectivity index (χ0) is 16.1. The quantitative estimate of drug-likeness (QED) is 0.782. The van der Waals surface area contributed by atoms with Gasteiger partial charge in [-0.25, -0.2) is 9.97 Å². The Hall–Kier alpha value is -1.28. The molecule has 0 aromatic carbocycles. The van der Waals surface area contributed by atoms with Crippen LogP contribution in [0.15, 0.2) is 12.4 Å². The van der Waals surface area contributed by atoms with Gasteiger partial charge in [0.2, 0.25) is 5.95 Å². The van der Waals surface area contributed by atoms with Crippen molar-refractivity contribution < 1.29 is 14.9 Å². The molecule has 1 aromatic heterocycles. The van der Waals surface area contributed by atoms with Crippen LogP contribution in [0.25, 0.3) is 0 Å². The first-order chi connectivity index (χ1) is 11.3. The summed E-state index contributed by atoms with van der Waals surface area (Å²) in [5.41, 5.74) is 1.11. The van der Waals surface area contributed by atoms with Gasteiger partial charge in [0, 0.05) is 37.6 Å². The molecule has 0 saturated carbocycles. The maximum atomic E-state index is 9.71. The van der Waals surface area contributed by atoms with Gasteiger partial charge in [-0.05, 0) is 31.8 Å². The van der Waals surface area contributed by atoms with E-state index in [2.05, 4.69) is 19.8 Å². The van der Waals surface area contributed by atoms with Crippen LogP contribution in [0.4, 0.5) is 5.95 Å². The standard InChI is InChI=1S/C16H26N4O3/c21-12-15(22)14-1-3-19(4-2-14)11-13-9-17-16(18-10-13)20-5-7-23-8-6-20/h9-10,14-15,21-22H,1-8,11-12H2. The average Bonchev–Trinajstić information content (AvgIpc) is 2.63. The van der Waals surface area contributed by atoms with Gasteiger partial charge in [0.25, 0.3) is 0 Å². The third-order valence-corrected chi connectivity index (χ3v) is 4.76. The number of aliphatic hydroxyl groups excluding tert-OH is 2. The molecule has 23 heavy (non-hydrogen) atoms. The molecule has 3 heterocycles. The smallest absolute Gasteiger partial charge is 0.225 e. The van der Waals surface area contributed by atoms with Crippen molar-refractivity contribution in [3.05, 3.63) is 18.0 Å². The van der Waals surface area contributed by atoms with Crippen molar-refractivity contribution >= 4 is 5.95 Å². The van der Waals surface area contributed by atoms with E-state index in [-0.39, 0.29) is 12.5 Å². The number of hydrogen-bond acceptors (Lipinski definition) is 7. The van der Waals surface area contributed by atoms with E-state index in [0.29, 0.717) is 0 Å². The largest absolute Gasteiger partial charge is 0.394 e. The lowest BCUT2D eigenvalue weighted by atomic mass is 9.91. The lowest BCUT2D eigenvalue weighted by molar-refractivity contribution is 0.0171. The highest BCUT2D eigenvalue weighted by Crippen LogP contribution is 2.22. The summed E-state index contributed by atoms with van der Waals surface area (Å²) >= 11 is 0. The number of aliphatic hydroxyl groups is 2. The fourth-order valence-corrected chi connectivity index (χ4v) is 3.26. The normalized spacial score (nSPS) is 22.3. The van der Waals surface area contributed by atoms with E-state index in [1.54, 1.807) is 0 Å². The van der Waals surface area contributed by atoms with Gasteiger partial charge >= 0.3 is 0 Å². The Balaban J connectivity index is 1.49. The van der Waals surface area contributed by atoms with Crippen molar-refractivity contribution in [3.63, 3.8) is 0 Å². The minimum absolute atomic E-state index is 0.137. The average molecular weight is 322 g/mol. The molecule has 0 spiro atoms. The van der Waals surface area contributed by atoms with Crippen molar-refractivity contribution in [2.75, 3.05) is 50.9 Å². The van der Waals surface area contributed by atoms with Gasteiger partial charge in [-0.1, -0.05) is 0 Å². The second-order valence-electron chi connectivity index (χ2n) is 6.35. The molecule has 1 unspecified atom stereocenters. The first-order valence-corrected chi connectivity index (χ1v) is 8.41. The highest BCUT2D eigenvalue weighted by Gasteiger charge is 2.24. The molecule has 2 saturated heterocycles. The van der Waals surface area contributed by atoms with Gasteiger partial charge in [0.1, 0.15) is 0 Å². The summed E-state index contributed by atoms with van der Waals surface area (Å²) in [5.74, 6) is 0.998. The predicted molar refractivity (Wildman–Crippen MR) is 86.2 cm³/mol. The summed E-state index contributed by atoms with van der Waals surface area (Å²) in [5, 5.41) is 18.7. The van der Waals surface area contributed by atoms with Crippen molar-refractivity contribution in [3.8, 4) is 0 Å². The molecule has 7 heteroatoms. The number of hydrogen-bond donors (Lipinski definition) is 2. The minimum Gasteiger partial charge on any atom is -0.394 e. The molecule has 1 aromatic rings. The van der Waals surface area contributed by atoms with Crippen LogP contribution in [0.2, 0.25) is 0 Å². The molecule has 0 amide bonds. The van der Waals surface area contributed by atoms with Crippen LogP contribution in [0.1, 0.15) is 18.4 Å². The molecule has 7 nitrogen and oxygen atoms in total. The van der Waals surface area contributed by atoms with Crippen molar-refractivity contribution in [1.82, 2.24) is 14.9 Å². The second kappa shape index (κ2) is 8.01. The number of anilines is 1. The highest BCUT2D eigenvalue weighted by molar-refractivity contribution is 5.30. The Kier molecular flexibility index (Phi) is 5.77. The molecule has 1 atom stereocenters. The first-order valence-electron chi connectivity index (χ1n) is 8.41. The molecule has 0 bridgehead atoms. The number of rotatable bonds is 5. The summed E-state index contributed by atoms with van der Waals surface area (Å²) in [6.45, 7) is 5.74. The SMILES string of the molecule is OCC(O)C1CCN(Cc2cnc(N3CCOCC3)nc2)CC1. The highest BCUT2D eigenvalue weighted by atomic mass is 16.5. The van der Waals surface area contributed by atoms with Crippen molar-refractivity contribution in [1.29, 1.82) is 0 Å². The van der Waals surface area contributed by atoms with Crippen LogP contribution < -0.4 is 4.90 Å². The predicted octanol–water partition coefficient (Wildman–Crippen LogP) is -0.122. The van der Waals surface area contributed by atoms with E-state index < -0.39 is 6.10 Å². The summed E-state index contributed by atoms with van der Waals surface area (Å²) in [4.78, 5) is 13.5. The molecule has 2 aliphatic heterocycles. The van der Waals surface area contributed by atoms with Gasteiger partial charge in [-0.2, -0.15) is 0 Å². The van der Waals surface area contributed by atoms with E-state index in [1.807, 2.05) is 12.4 Å². The van der Waals surface area contributed by atoms with Crippen LogP contribution in [0, 0.1) is 5.92 Å². The van der Waals surface area contributed by atoms with Gasteiger partial charge in [-0.15, -0.1) is 0 Å². The van der Waals surface area contributed by atoms with Gasteiger partial charge in [0.15, 0.2) is 0 Å². The van der Waals surface area contributed by atoms with Crippen molar-refractivity contribution in [2.45, 2.75) is 25.5 Å². The molecule has 2 aliphatic rings. The third-order valence-electron chi connectivity index (χ3n) is 4.76. The summed E-state index contributed by atoms with van der Waals surface area (Å²) in [6.07, 6.45) is 5.09. The van der Waals surface area contributed by atoms with Gasteiger partial charge in [0.05, 0.1) is 25.9 Å². The topological polar surface area (TPSA) is 82.0 Å². The Morgan fingerprint density at radius 2 is 1.78 bits per heavy atom. The van der Waals surface area contributed by atoms with Crippen LogP contribution in [-0.2, 0) is 11.3 Å². The zero-order valence-corrected chi connectivity index (χ0v) is 13.5. The fourth-order valence-electron chi connectivity index (χ4n) is 3.26. The van der Waals surface area contributed by atoms with Crippen LogP contribution in [0.5, 0.6) is 0 Å². The monoisotopic (exact) mass is 322 g/mol. The lowest BCUT2D eigenvalue weighted by Gasteiger charge is -2.33. The minimum atomic E-state index is -0.576. The summed E-state index contributed by atoms with van der Waals surface area (Å²) in [7, 11) is 0. The molecule has 3 rings (SSSR count). The van der Waals surface area contributed by atoms with Crippen LogP contribution in [-0.4, -0.2) is 77.2 Å². The first kappa shape index (κ1) is 16.6. The lowest BCUT2D eigenvalue weighted by Crippen LogP contribution is -2.38. The Morgan fingerprint density at radius 1 is 1.13 bits per heavy atom. The van der Waals surface area contributed by atoms with Crippen LogP contribution in [0.3, 0.4) is 0 Å². The number of nitrogens with zero attached hydrogens (tertiary/aromatic N) is 4. The Morgan fingerprint density at radius 3 is 2.39 bits per heavy atom. The molecule has 128 valence electrons. The number of aromatic nitrogens is 2. The maximum Gasteiger partial charge on any atom is 0.225 e. The van der Waals surface area contributed by atoms with E-state index in [1.165, 1.54) is 0 Å². The Labute approximate surface area is 136 Å². The van der Waals surface area contributed by atoms with E-state index >= 15 is 0 Å². The zero-order valence-electron chi connectivity index (χ0n) is 13.5. The van der Waals surface area contributed by atoms with Crippen LogP contribution >= 0.6 is 0 Å². The molecule has 2 fully saturated rings. The fraction of sp³-hybridized carbons (Fsp3) is 0.750. The number of ether oxygens (including phenoxy) is 1. The molecular formula is C16H26N4O3. The number of likely N-dealkylation sites (tertiary alicyclic amines) is 1. The second-order valence-corrected chi connectivity index (χ2v) is 6.35. The number of morpholine rings is 1. The van der Waals surface area contributed by atoms with Gasteiger partial charge < -0.3 is 19.8 Å². The maximum absolute atomic E-state index is 9.71. The molecule has 0 aliphatic carbocycles. The summed E-state index contributed by atoms with van der Waals surface area (Å²) < 4.78 is 5.34. The third kappa shape index (κ3) is 4.38. The molecule has 0 radical (unpaired) electrons. The molecular weight excluding hydrogens is 296 g/mol. The van der Waals surface area contributed by atoms with E-state index in [9.17, 15) is 5.11 Å². The van der Waals surface area contributed by atoms with E-state index in [4.69, 9.17) is 9.84 Å². The summed E-state index contributed by atoms with van der Waals surface area (Å²) in [6, 6.07) is 0. The molecule has 2 N–H and O–H groups in total. The van der Waals surface area contributed by atoms with E-state index in [0.717, 1.165) is 70.3 Å². The number of piperidine rings is 1. The van der Waals surface area contributed by atoms with Gasteiger partial charge in [-0.3, -0.25) is 4.90 Å². The van der Waals surface area contributed by atoms with Crippen molar-refractivity contribution in [2.24, 2.45) is 5.92 Å².